The maximum absolute atomic E-state index is 13.9. The molecule has 4 fully saturated rings. The molecule has 0 spiro atoms. The van der Waals surface area contributed by atoms with Crippen molar-refractivity contribution in [1.82, 2.24) is 80.0 Å². The molecule has 8 aliphatic rings. The maximum Gasteiger partial charge on any atom is 0.419 e. The van der Waals surface area contributed by atoms with Crippen molar-refractivity contribution in [2.75, 3.05) is 72.0 Å². The standard InChI is InChI=1S/2C21H23F5N4O.C21H22F4N4O2.C19H16F5N5O/c2*1-2-7-29-10-14-16(11-29)27-28-19(14)20(31)30-8-5-12(6-9-30)13-3-4-15(22)18(23)17(13)21(24,25)26;1-12(30)29-10-7-17-15(11-29)19(27-26-17)20(31)28-8-5-13(6-9-28)14-3-2-4-16(22)18(14)21(23,24)25;20-13-2-1-11(15(16(13)21)19(22,23)24)10-3-5-29(6-4-10)18(30)17-12-7-28(9-25)8-14(12)26-27-17/h2*3-4,12H,2,5-11H2,1H3,(H,27,28);2-4,13H,5-11H2,1H3,(H,26,27);1-2,10H,3-8H2,(H,26,27). The molecular weight excluding hydrogens is 1660 g/mol. The van der Waals surface area contributed by atoms with Crippen molar-refractivity contribution in [3.8, 4) is 6.19 Å². The first-order valence-electron chi connectivity index (χ1n) is 40.0. The maximum atomic E-state index is 13.9. The number of carbonyl (C=O) groups is 5. The third kappa shape index (κ3) is 19.0. The predicted octanol–water partition coefficient (Wildman–Crippen LogP) is 15.9. The molecule has 4 saturated heterocycles. The average Bonchev–Trinajstić information content (AvgIpc) is 1.75. The third-order valence-corrected chi connectivity index (χ3v) is 23.9. The Morgan fingerprint density at radius 2 is 0.675 bits per heavy atom. The SMILES string of the molecule is CC(=O)N1CCc2[nH]nc(C(=O)N3CCC(c4cccc(F)c4C(F)(F)F)CC3)c2C1.CCCN1Cc2[nH]nc(C(=O)N3CCC(c4ccc(F)c(F)c4C(F)(F)F)CC3)c2C1.CCCN1Cc2[nH]nc(C(=O)N3CCC(c4ccc(F)c(F)c4C(F)(F)F)CC3)c2C1.N#CN1Cc2[nH]nc(C(=O)N3CCC(c4ccc(F)c(F)c4C(F)(F)F)CC3)c2C1. The van der Waals surface area contributed by atoms with Crippen LogP contribution in [0.15, 0.2) is 54.6 Å². The number of hydrogen-bond acceptors (Lipinski definition) is 13. The van der Waals surface area contributed by atoms with Crippen LogP contribution in [0, 0.1) is 52.2 Å². The minimum absolute atomic E-state index is 0.0613. The molecule has 8 aliphatic heterocycles. The Morgan fingerprint density at radius 3 is 0.984 bits per heavy atom. The first kappa shape index (κ1) is 89.7. The Morgan fingerprint density at radius 1 is 0.374 bits per heavy atom. The van der Waals surface area contributed by atoms with Gasteiger partial charge in [0.05, 0.1) is 52.4 Å². The number of H-pyrrole nitrogens is 4. The zero-order valence-corrected chi connectivity index (χ0v) is 66.5. The number of nitriles is 1. The van der Waals surface area contributed by atoms with E-state index in [1.54, 1.807) is 19.6 Å². The fourth-order valence-electron chi connectivity index (χ4n) is 17.8. The summed E-state index contributed by atoms with van der Waals surface area (Å²) in [5, 5.41) is 37.0. The number of alkyl halides is 12. The topological polar surface area (TPSA) is 250 Å². The number of hydrogen-bond donors (Lipinski definition) is 4. The van der Waals surface area contributed by atoms with Crippen LogP contribution in [0.1, 0.15) is 240 Å². The van der Waals surface area contributed by atoms with E-state index in [2.05, 4.69) is 64.4 Å². The number of likely N-dealkylation sites (tertiary alicyclic amines) is 4. The lowest BCUT2D eigenvalue weighted by Gasteiger charge is -2.33. The van der Waals surface area contributed by atoms with Crippen molar-refractivity contribution >= 4 is 29.5 Å². The van der Waals surface area contributed by atoms with Crippen molar-refractivity contribution in [2.24, 2.45) is 0 Å². The molecule has 660 valence electrons. The van der Waals surface area contributed by atoms with Crippen LogP contribution >= 0.6 is 0 Å². The fourth-order valence-corrected chi connectivity index (χ4v) is 17.8. The highest BCUT2D eigenvalue weighted by atomic mass is 19.4. The molecular formula is C82H84F19N17O5. The molecule has 8 aromatic rings. The van der Waals surface area contributed by atoms with Gasteiger partial charge in [-0.3, -0.25) is 54.2 Å². The first-order valence-corrected chi connectivity index (χ1v) is 40.0. The molecule has 123 heavy (non-hydrogen) atoms. The number of carbonyl (C=O) groups excluding carboxylic acids is 5. The predicted molar refractivity (Wildman–Crippen MR) is 400 cm³/mol. The molecule has 16 rings (SSSR count). The summed E-state index contributed by atoms with van der Waals surface area (Å²) in [5.41, 5.74) is 0.858. The van der Waals surface area contributed by atoms with Crippen LogP contribution in [0.5, 0.6) is 0 Å². The van der Waals surface area contributed by atoms with Crippen molar-refractivity contribution in [3.63, 3.8) is 0 Å². The number of nitrogens with one attached hydrogen (secondary N) is 4. The minimum Gasteiger partial charge on any atom is -0.338 e. The third-order valence-electron chi connectivity index (χ3n) is 23.9. The van der Waals surface area contributed by atoms with E-state index in [4.69, 9.17) is 5.26 Å². The number of aromatic amines is 4. The van der Waals surface area contributed by atoms with E-state index in [-0.39, 0.29) is 161 Å². The van der Waals surface area contributed by atoms with Gasteiger partial charge >= 0.3 is 24.7 Å². The zero-order chi connectivity index (χ0) is 88.6. The van der Waals surface area contributed by atoms with E-state index in [1.807, 2.05) is 6.19 Å². The number of nitrogens with zero attached hydrogens (tertiary/aromatic N) is 13. The Balaban J connectivity index is 0.000000141. The Labute approximate surface area is 691 Å². The molecule has 0 saturated carbocycles. The molecule has 0 unspecified atom stereocenters. The van der Waals surface area contributed by atoms with E-state index < -0.39 is 111 Å². The van der Waals surface area contributed by atoms with E-state index >= 15 is 0 Å². The number of fused-ring (bicyclic) bond motifs is 4. The smallest absolute Gasteiger partial charge is 0.338 e. The molecule has 0 atom stereocenters. The van der Waals surface area contributed by atoms with Crippen LogP contribution in [-0.2, 0) is 81.7 Å². The van der Waals surface area contributed by atoms with Crippen LogP contribution in [0.4, 0.5) is 83.4 Å². The molecule has 0 bridgehead atoms. The van der Waals surface area contributed by atoms with Gasteiger partial charge in [0, 0.05) is 133 Å². The molecule has 0 aliphatic carbocycles. The van der Waals surface area contributed by atoms with E-state index in [1.165, 1.54) is 28.9 Å². The second kappa shape index (κ2) is 36.4. The van der Waals surface area contributed by atoms with Crippen LogP contribution < -0.4 is 0 Å². The Hall–Kier alpha value is -11.1. The highest BCUT2D eigenvalue weighted by Crippen LogP contribution is 2.47. The number of aromatic nitrogens is 8. The van der Waals surface area contributed by atoms with Crippen LogP contribution in [0.25, 0.3) is 0 Å². The first-order chi connectivity index (χ1) is 58.3. The number of rotatable bonds is 12. The molecule has 4 aromatic heterocycles. The molecule has 5 amide bonds. The highest BCUT2D eigenvalue weighted by molar-refractivity contribution is 5.96. The van der Waals surface area contributed by atoms with Crippen LogP contribution in [0.2, 0.25) is 0 Å². The minimum atomic E-state index is -5.02. The average molecular weight is 1750 g/mol. The van der Waals surface area contributed by atoms with Gasteiger partial charge < -0.3 is 29.4 Å². The normalized spacial score (nSPS) is 17.7. The van der Waals surface area contributed by atoms with Gasteiger partial charge in [0.25, 0.3) is 23.6 Å². The lowest BCUT2D eigenvalue weighted by atomic mass is 9.86. The summed E-state index contributed by atoms with van der Waals surface area (Å²) in [4.78, 5) is 77.3. The van der Waals surface area contributed by atoms with Crippen LogP contribution in [0.3, 0.4) is 0 Å². The lowest BCUT2D eigenvalue weighted by molar-refractivity contribution is -0.142. The molecule has 4 N–H and O–H groups in total. The summed E-state index contributed by atoms with van der Waals surface area (Å²) in [6, 6.07) is 8.56. The van der Waals surface area contributed by atoms with Gasteiger partial charge in [-0.1, -0.05) is 44.2 Å². The zero-order valence-electron chi connectivity index (χ0n) is 66.5. The van der Waals surface area contributed by atoms with Gasteiger partial charge in [0.1, 0.15) is 5.82 Å². The van der Waals surface area contributed by atoms with Crippen LogP contribution in [-0.4, -0.2) is 182 Å². The van der Waals surface area contributed by atoms with E-state index in [9.17, 15) is 107 Å². The van der Waals surface area contributed by atoms with Gasteiger partial charge in [-0.05, 0) is 147 Å². The van der Waals surface area contributed by atoms with Gasteiger partial charge in [-0.2, -0.15) is 78.3 Å². The van der Waals surface area contributed by atoms with Crippen molar-refractivity contribution < 1.29 is 107 Å². The van der Waals surface area contributed by atoms with Crippen molar-refractivity contribution in [3.05, 3.63) is 208 Å². The van der Waals surface area contributed by atoms with Crippen molar-refractivity contribution in [2.45, 2.75) is 186 Å². The van der Waals surface area contributed by atoms with Gasteiger partial charge in [-0.15, -0.1) is 0 Å². The second-order valence-electron chi connectivity index (χ2n) is 31.6. The summed E-state index contributed by atoms with van der Waals surface area (Å²) in [5.74, 6) is -15.1. The molecule has 4 aromatic carbocycles. The van der Waals surface area contributed by atoms with Gasteiger partial charge in [0.15, 0.2) is 63.9 Å². The summed E-state index contributed by atoms with van der Waals surface area (Å²) in [6.07, 6.45) is -13.3. The lowest BCUT2D eigenvalue weighted by Crippen LogP contribution is -2.40. The summed E-state index contributed by atoms with van der Waals surface area (Å²) in [7, 11) is 0. The summed E-state index contributed by atoms with van der Waals surface area (Å²) < 4.78 is 256. The largest absolute Gasteiger partial charge is 0.419 e. The monoisotopic (exact) mass is 1750 g/mol. The molecule has 22 nitrogen and oxygen atoms in total. The van der Waals surface area contributed by atoms with Gasteiger partial charge in [0.2, 0.25) is 5.91 Å². The quantitative estimate of drug-likeness (QED) is 0.0657. The highest BCUT2D eigenvalue weighted by Gasteiger charge is 2.47. The van der Waals surface area contributed by atoms with Gasteiger partial charge in [-0.25, -0.2) is 30.7 Å². The van der Waals surface area contributed by atoms with E-state index in [0.717, 1.165) is 90.5 Å². The second-order valence-corrected chi connectivity index (χ2v) is 31.6. The fraction of sp³-hybridized carbons (Fsp3) is 0.488. The summed E-state index contributed by atoms with van der Waals surface area (Å²) >= 11 is 0. The number of piperidine rings is 4. The number of benzene rings is 4. The molecule has 41 heteroatoms. The molecule has 12 heterocycles. The van der Waals surface area contributed by atoms with E-state index in [0.29, 0.717) is 99.4 Å². The number of amides is 5. The van der Waals surface area contributed by atoms with Crippen molar-refractivity contribution in [1.29, 1.82) is 5.26 Å². The Kier molecular flexibility index (Phi) is 26.5. The Bertz CT molecular complexity index is 5130. The number of halogens is 19. The molecule has 0 radical (unpaired) electrons. The summed E-state index contributed by atoms with van der Waals surface area (Å²) in [6.45, 7) is 13.3.